The van der Waals surface area contributed by atoms with E-state index in [-0.39, 0.29) is 18.7 Å². The van der Waals surface area contributed by atoms with Crippen LogP contribution in [0.1, 0.15) is 102 Å². The number of rotatable bonds is 8. The van der Waals surface area contributed by atoms with Gasteiger partial charge in [-0.3, -0.25) is 0 Å². The maximum atomic E-state index is 13.4. The summed E-state index contributed by atoms with van der Waals surface area (Å²) in [5, 5.41) is 1.56. The normalized spacial score (nSPS) is 20.0. The lowest BCUT2D eigenvalue weighted by molar-refractivity contribution is 0.414. The van der Waals surface area contributed by atoms with Crippen LogP contribution in [0.15, 0.2) is 48.5 Å². The number of benzene rings is 2. The van der Waals surface area contributed by atoms with Gasteiger partial charge in [0.05, 0.1) is 28.9 Å². The van der Waals surface area contributed by atoms with Crippen LogP contribution < -0.4 is 14.8 Å². The molecule has 2 aromatic rings. The molecule has 0 spiro atoms. The topological polar surface area (TPSA) is 38.3 Å². The first-order valence-electron chi connectivity index (χ1n) is 13.6. The maximum absolute atomic E-state index is 13.4. The highest BCUT2D eigenvalue weighted by Gasteiger charge is 2.35. The zero-order valence-electron chi connectivity index (χ0n) is 22.1. The van der Waals surface area contributed by atoms with Crippen molar-refractivity contribution in [3.8, 4) is 5.75 Å². The van der Waals surface area contributed by atoms with E-state index < -0.39 is 11.0 Å². The van der Waals surface area contributed by atoms with E-state index in [1.54, 1.807) is 12.4 Å². The lowest BCUT2D eigenvalue weighted by Gasteiger charge is -2.40. The van der Waals surface area contributed by atoms with Gasteiger partial charge in [-0.1, -0.05) is 82.8 Å². The van der Waals surface area contributed by atoms with Crippen LogP contribution in [0.3, 0.4) is 0 Å². The van der Waals surface area contributed by atoms with Crippen molar-refractivity contribution in [1.29, 1.82) is 0 Å². The van der Waals surface area contributed by atoms with E-state index in [1.807, 2.05) is 32.9 Å². The first kappa shape index (κ1) is 26.8. The standard InChI is InChI=1S/C30H44NO2PS/c1-30(2,3)35(32)31-29(23-19-21-24(33-4)22-20-23)27-17-11-12-18-28(27)34(25-13-7-5-8-14-25)26-15-9-6-10-16-26/h11-12,17-22,25-26,29,31H,5-10,13-16H2,1-4H3/t29-,35?/m1/s1. The Labute approximate surface area is 217 Å². The Kier molecular flexibility index (Phi) is 9.47. The van der Waals surface area contributed by atoms with Crippen molar-refractivity contribution >= 4 is 24.2 Å². The van der Waals surface area contributed by atoms with Gasteiger partial charge in [-0.2, -0.15) is 0 Å². The third kappa shape index (κ3) is 6.76. The van der Waals surface area contributed by atoms with Crippen molar-refractivity contribution in [1.82, 2.24) is 4.72 Å². The highest BCUT2D eigenvalue weighted by molar-refractivity contribution is 7.84. The fourth-order valence-electron chi connectivity index (χ4n) is 5.77. The van der Waals surface area contributed by atoms with Gasteiger partial charge in [-0.15, -0.1) is 0 Å². The summed E-state index contributed by atoms with van der Waals surface area (Å²) in [6.07, 6.45) is 13.8. The summed E-state index contributed by atoms with van der Waals surface area (Å²) in [5.74, 6) is 0.851. The number of hydrogen-bond donors (Lipinski definition) is 1. The van der Waals surface area contributed by atoms with E-state index in [2.05, 4.69) is 41.1 Å². The summed E-state index contributed by atoms with van der Waals surface area (Å²) >= 11 is 0. The third-order valence-corrected chi connectivity index (χ3v) is 12.8. The molecule has 192 valence electrons. The Morgan fingerprint density at radius 3 is 1.91 bits per heavy atom. The lowest BCUT2D eigenvalue weighted by atomic mass is 9.99. The van der Waals surface area contributed by atoms with Crippen LogP contribution in [-0.4, -0.2) is 27.4 Å². The molecule has 1 N–H and O–H groups in total. The van der Waals surface area contributed by atoms with Crippen molar-refractivity contribution in [3.05, 3.63) is 59.7 Å². The molecule has 3 nitrogen and oxygen atoms in total. The van der Waals surface area contributed by atoms with Gasteiger partial charge in [-0.25, -0.2) is 8.93 Å². The summed E-state index contributed by atoms with van der Waals surface area (Å²) in [5.41, 5.74) is 4.14. The fourth-order valence-corrected chi connectivity index (χ4v) is 10.6. The molecule has 2 aliphatic rings. The van der Waals surface area contributed by atoms with Gasteiger partial charge in [0.25, 0.3) is 0 Å². The van der Waals surface area contributed by atoms with E-state index in [1.165, 1.54) is 69.8 Å². The van der Waals surface area contributed by atoms with E-state index >= 15 is 0 Å². The van der Waals surface area contributed by atoms with Crippen LogP contribution >= 0.6 is 7.92 Å². The Bertz CT molecular complexity index is 941. The number of nitrogens with one attached hydrogen (secondary N) is 1. The molecule has 2 aromatic carbocycles. The number of methoxy groups -OCH3 is 1. The molecule has 0 heterocycles. The number of ether oxygens (including phenoxy) is 1. The maximum Gasteiger partial charge on any atom is 0.118 e. The molecule has 0 aromatic heterocycles. The van der Waals surface area contributed by atoms with Crippen molar-refractivity contribution in [2.75, 3.05) is 7.11 Å². The van der Waals surface area contributed by atoms with E-state index in [9.17, 15) is 4.21 Å². The van der Waals surface area contributed by atoms with Crippen LogP contribution in [0.4, 0.5) is 0 Å². The van der Waals surface area contributed by atoms with Crippen LogP contribution in [0.25, 0.3) is 0 Å². The summed E-state index contributed by atoms with van der Waals surface area (Å²) in [7, 11) is 0.262. The number of hydrogen-bond acceptors (Lipinski definition) is 2. The molecule has 4 rings (SSSR count). The Hall–Kier alpha value is -1.22. The minimum absolute atomic E-state index is 0.102. The second kappa shape index (κ2) is 12.3. The summed E-state index contributed by atoms with van der Waals surface area (Å²) in [6.45, 7) is 6.14. The molecular weight excluding hydrogens is 469 g/mol. The molecule has 2 aliphatic carbocycles. The minimum Gasteiger partial charge on any atom is -0.497 e. The van der Waals surface area contributed by atoms with Crippen LogP contribution in [-0.2, 0) is 11.0 Å². The van der Waals surface area contributed by atoms with Crippen molar-refractivity contribution in [3.63, 3.8) is 0 Å². The average molecular weight is 514 g/mol. The molecule has 2 saturated carbocycles. The molecule has 0 amide bonds. The summed E-state index contributed by atoms with van der Waals surface area (Å²) < 4.78 is 22.1. The van der Waals surface area contributed by atoms with Gasteiger partial charge in [0.1, 0.15) is 5.75 Å². The Morgan fingerprint density at radius 1 is 0.857 bits per heavy atom. The molecule has 0 bridgehead atoms. The molecule has 2 fully saturated rings. The average Bonchev–Trinajstić information content (AvgIpc) is 2.88. The van der Waals surface area contributed by atoms with Gasteiger partial charge >= 0.3 is 0 Å². The SMILES string of the molecule is COc1ccc([C@@H](NS(=O)C(C)(C)C)c2ccccc2P(C2CCCCC2)C2CCCCC2)cc1. The molecule has 35 heavy (non-hydrogen) atoms. The highest BCUT2D eigenvalue weighted by Crippen LogP contribution is 2.56. The zero-order chi connectivity index (χ0) is 24.8. The van der Waals surface area contributed by atoms with Crippen LogP contribution in [0.2, 0.25) is 0 Å². The quantitative estimate of drug-likeness (QED) is 0.369. The van der Waals surface area contributed by atoms with Gasteiger partial charge in [-0.05, 0) is 86.3 Å². The summed E-state index contributed by atoms with van der Waals surface area (Å²) in [6, 6.07) is 17.4. The van der Waals surface area contributed by atoms with E-state index in [0.717, 1.165) is 22.6 Å². The monoisotopic (exact) mass is 513 g/mol. The van der Waals surface area contributed by atoms with E-state index in [0.29, 0.717) is 0 Å². The first-order valence-corrected chi connectivity index (χ1v) is 16.2. The van der Waals surface area contributed by atoms with Crippen molar-refractivity contribution in [2.24, 2.45) is 0 Å². The first-order chi connectivity index (χ1) is 16.9. The van der Waals surface area contributed by atoms with Crippen molar-refractivity contribution in [2.45, 2.75) is 107 Å². The molecule has 5 heteroatoms. The molecule has 0 saturated heterocycles. The highest BCUT2D eigenvalue weighted by atomic mass is 32.2. The van der Waals surface area contributed by atoms with Gasteiger partial charge in [0.2, 0.25) is 0 Å². The van der Waals surface area contributed by atoms with Crippen LogP contribution in [0, 0.1) is 0 Å². The molecular formula is C30H44NO2PS. The Morgan fingerprint density at radius 2 is 1.40 bits per heavy atom. The van der Waals surface area contributed by atoms with Crippen molar-refractivity contribution < 1.29 is 8.95 Å². The van der Waals surface area contributed by atoms with Gasteiger partial charge < -0.3 is 4.74 Å². The second-order valence-electron chi connectivity index (χ2n) is 11.3. The predicted octanol–water partition coefficient (Wildman–Crippen LogP) is 7.61. The lowest BCUT2D eigenvalue weighted by Crippen LogP contribution is -2.38. The van der Waals surface area contributed by atoms with E-state index in [4.69, 9.17) is 4.74 Å². The van der Waals surface area contributed by atoms with Gasteiger partial charge in [0.15, 0.2) is 0 Å². The third-order valence-electron chi connectivity index (χ3n) is 7.69. The molecule has 0 radical (unpaired) electrons. The molecule has 0 aliphatic heterocycles. The molecule has 1 unspecified atom stereocenters. The second-order valence-corrected chi connectivity index (χ2v) is 16.0. The van der Waals surface area contributed by atoms with Gasteiger partial charge in [0, 0.05) is 0 Å². The summed E-state index contributed by atoms with van der Waals surface area (Å²) in [4.78, 5) is 0. The smallest absolute Gasteiger partial charge is 0.118 e. The minimum atomic E-state index is -1.18. The Balaban J connectivity index is 1.78. The van der Waals surface area contributed by atoms with Crippen LogP contribution in [0.5, 0.6) is 5.75 Å². The molecule has 2 atom stereocenters. The largest absolute Gasteiger partial charge is 0.497 e. The fraction of sp³-hybridized carbons (Fsp3) is 0.600. The zero-order valence-corrected chi connectivity index (χ0v) is 23.8. The predicted molar refractivity (Wildman–Crippen MR) is 153 cm³/mol.